The van der Waals surface area contributed by atoms with Gasteiger partial charge < -0.3 is 10.4 Å². The highest BCUT2D eigenvalue weighted by molar-refractivity contribution is 5.23. The smallest absolute Gasteiger partial charge is 0.0535 e. The highest BCUT2D eigenvalue weighted by Crippen LogP contribution is 2.23. The van der Waals surface area contributed by atoms with E-state index in [1.165, 1.54) is 11.3 Å². The van der Waals surface area contributed by atoms with E-state index in [0.717, 1.165) is 25.9 Å². The molecule has 4 nitrogen and oxygen atoms in total. The summed E-state index contributed by atoms with van der Waals surface area (Å²) in [6.07, 6.45) is 3.88. The third kappa shape index (κ3) is 4.42. The van der Waals surface area contributed by atoms with E-state index in [4.69, 9.17) is 5.11 Å². The number of aromatic nitrogens is 2. The summed E-state index contributed by atoms with van der Waals surface area (Å²) in [5.74, 6) is 0.556. The molecule has 4 heteroatoms. The second-order valence-electron chi connectivity index (χ2n) is 5.94. The first-order valence-corrected chi connectivity index (χ1v) is 6.83. The molecule has 1 aromatic heterocycles. The van der Waals surface area contributed by atoms with E-state index >= 15 is 0 Å². The summed E-state index contributed by atoms with van der Waals surface area (Å²) in [5.41, 5.74) is 2.54. The molecule has 1 heterocycles. The van der Waals surface area contributed by atoms with Crippen LogP contribution in [0.3, 0.4) is 0 Å². The molecule has 1 unspecified atom stereocenters. The fraction of sp³-hybridized carbons (Fsp3) is 0.786. The molecule has 0 saturated carbocycles. The molecule has 0 aliphatic heterocycles. The molecule has 0 aromatic carbocycles. The molecule has 104 valence electrons. The van der Waals surface area contributed by atoms with Crippen molar-refractivity contribution in [3.05, 3.63) is 17.5 Å². The quantitative estimate of drug-likeness (QED) is 0.698. The zero-order chi connectivity index (χ0) is 13.6. The Morgan fingerprint density at radius 1 is 1.44 bits per heavy atom. The molecular weight excluding hydrogens is 226 g/mol. The van der Waals surface area contributed by atoms with Crippen molar-refractivity contribution in [1.29, 1.82) is 0 Å². The fourth-order valence-electron chi connectivity index (χ4n) is 2.14. The monoisotopic (exact) mass is 253 g/mol. The van der Waals surface area contributed by atoms with Gasteiger partial charge in [-0.05, 0) is 18.9 Å². The summed E-state index contributed by atoms with van der Waals surface area (Å²) in [5, 5.41) is 19.7. The van der Waals surface area contributed by atoms with Crippen molar-refractivity contribution in [3.63, 3.8) is 0 Å². The summed E-state index contributed by atoms with van der Waals surface area (Å²) in [6, 6.07) is 0. The van der Waals surface area contributed by atoms with Gasteiger partial charge in [0, 0.05) is 29.8 Å². The van der Waals surface area contributed by atoms with Gasteiger partial charge in [0.15, 0.2) is 0 Å². The van der Waals surface area contributed by atoms with Crippen LogP contribution in [-0.2, 0) is 12.0 Å². The van der Waals surface area contributed by atoms with E-state index in [0.29, 0.717) is 5.92 Å². The van der Waals surface area contributed by atoms with Gasteiger partial charge in [0.05, 0.1) is 6.20 Å². The van der Waals surface area contributed by atoms with E-state index in [9.17, 15) is 0 Å². The predicted molar refractivity (Wildman–Crippen MR) is 74.5 cm³/mol. The molecule has 1 atom stereocenters. The molecule has 0 fully saturated rings. The number of nitrogens with zero attached hydrogens (tertiary/aromatic N) is 1. The van der Waals surface area contributed by atoms with Crippen LogP contribution < -0.4 is 5.32 Å². The molecule has 3 N–H and O–H groups in total. The number of aliphatic hydroxyl groups excluding tert-OH is 1. The summed E-state index contributed by atoms with van der Waals surface area (Å²) in [6.45, 7) is 10.8. The van der Waals surface area contributed by atoms with E-state index in [-0.39, 0.29) is 12.0 Å². The average molecular weight is 253 g/mol. The Morgan fingerprint density at radius 3 is 2.72 bits per heavy atom. The number of H-pyrrole nitrogens is 1. The lowest BCUT2D eigenvalue weighted by Gasteiger charge is -2.19. The van der Waals surface area contributed by atoms with Gasteiger partial charge in [-0.1, -0.05) is 34.1 Å². The van der Waals surface area contributed by atoms with Crippen molar-refractivity contribution in [2.75, 3.05) is 13.2 Å². The zero-order valence-electron chi connectivity index (χ0n) is 12.1. The average Bonchev–Trinajstić information content (AvgIpc) is 2.76. The fourth-order valence-corrected chi connectivity index (χ4v) is 2.14. The molecule has 0 amide bonds. The molecule has 1 rings (SSSR count). The summed E-state index contributed by atoms with van der Waals surface area (Å²) in [7, 11) is 0. The Balaban J connectivity index is 2.47. The zero-order valence-corrected chi connectivity index (χ0v) is 12.1. The van der Waals surface area contributed by atoms with Crippen LogP contribution in [-0.4, -0.2) is 28.5 Å². The second kappa shape index (κ2) is 6.90. The van der Waals surface area contributed by atoms with Gasteiger partial charge in [-0.25, -0.2) is 0 Å². The minimum absolute atomic E-state index is 0.1000. The number of rotatable bonds is 7. The van der Waals surface area contributed by atoms with Crippen molar-refractivity contribution in [2.45, 2.75) is 52.5 Å². The summed E-state index contributed by atoms with van der Waals surface area (Å²) >= 11 is 0. The predicted octanol–water partition coefficient (Wildman–Crippen LogP) is 2.21. The third-order valence-corrected chi connectivity index (χ3v) is 3.33. The molecule has 0 saturated heterocycles. The van der Waals surface area contributed by atoms with Crippen LogP contribution in [0.15, 0.2) is 6.20 Å². The van der Waals surface area contributed by atoms with Crippen LogP contribution in [0, 0.1) is 5.92 Å². The van der Waals surface area contributed by atoms with Crippen LogP contribution in [0.4, 0.5) is 0 Å². The van der Waals surface area contributed by atoms with E-state index < -0.39 is 0 Å². The maximum atomic E-state index is 8.96. The molecule has 0 aliphatic rings. The van der Waals surface area contributed by atoms with Crippen LogP contribution in [0.1, 0.15) is 51.8 Å². The van der Waals surface area contributed by atoms with Crippen LogP contribution in [0.25, 0.3) is 0 Å². The standard InChI is InChI=1S/C14H27N3O/c1-5-11(6-7-18)8-15-9-12-10-16-17-13(12)14(2,3)4/h10-11,15,18H,5-9H2,1-4H3,(H,16,17). The summed E-state index contributed by atoms with van der Waals surface area (Å²) < 4.78 is 0. The van der Waals surface area contributed by atoms with Crippen molar-refractivity contribution in [2.24, 2.45) is 5.92 Å². The van der Waals surface area contributed by atoms with Gasteiger partial charge >= 0.3 is 0 Å². The maximum absolute atomic E-state index is 8.96. The number of aliphatic hydroxyl groups is 1. The van der Waals surface area contributed by atoms with Crippen LogP contribution in [0.5, 0.6) is 0 Å². The molecule has 18 heavy (non-hydrogen) atoms. The Hall–Kier alpha value is -0.870. The van der Waals surface area contributed by atoms with Crippen molar-refractivity contribution in [1.82, 2.24) is 15.5 Å². The topological polar surface area (TPSA) is 60.9 Å². The Labute approximate surface area is 110 Å². The van der Waals surface area contributed by atoms with Gasteiger partial charge in [0.1, 0.15) is 0 Å². The largest absolute Gasteiger partial charge is 0.396 e. The van der Waals surface area contributed by atoms with Crippen LogP contribution in [0.2, 0.25) is 0 Å². The molecule has 0 bridgehead atoms. The first kappa shape index (κ1) is 15.2. The van der Waals surface area contributed by atoms with Gasteiger partial charge in [-0.2, -0.15) is 5.10 Å². The molecule has 0 aliphatic carbocycles. The van der Waals surface area contributed by atoms with Gasteiger partial charge in [0.25, 0.3) is 0 Å². The molecule has 1 aromatic rings. The molecular formula is C14H27N3O. The minimum Gasteiger partial charge on any atom is -0.396 e. The lowest BCUT2D eigenvalue weighted by molar-refractivity contribution is 0.251. The van der Waals surface area contributed by atoms with E-state index in [2.05, 4.69) is 43.2 Å². The number of hydrogen-bond acceptors (Lipinski definition) is 3. The maximum Gasteiger partial charge on any atom is 0.0535 e. The number of hydrogen-bond donors (Lipinski definition) is 3. The number of nitrogens with one attached hydrogen (secondary N) is 2. The van der Waals surface area contributed by atoms with Crippen LogP contribution >= 0.6 is 0 Å². The Morgan fingerprint density at radius 2 is 2.17 bits per heavy atom. The first-order valence-electron chi connectivity index (χ1n) is 6.83. The molecule has 0 radical (unpaired) electrons. The molecule has 0 spiro atoms. The Bertz CT molecular complexity index is 341. The minimum atomic E-state index is 0.1000. The normalized spacial score (nSPS) is 13.8. The lowest BCUT2D eigenvalue weighted by atomic mass is 9.89. The van der Waals surface area contributed by atoms with Gasteiger partial charge in [-0.15, -0.1) is 0 Å². The van der Waals surface area contributed by atoms with Gasteiger partial charge in [-0.3, -0.25) is 5.10 Å². The highest BCUT2D eigenvalue weighted by atomic mass is 16.3. The van der Waals surface area contributed by atoms with E-state index in [1.807, 2.05) is 6.20 Å². The lowest BCUT2D eigenvalue weighted by Crippen LogP contribution is -2.24. The van der Waals surface area contributed by atoms with Crippen molar-refractivity contribution in [3.8, 4) is 0 Å². The highest BCUT2D eigenvalue weighted by Gasteiger charge is 2.19. The summed E-state index contributed by atoms with van der Waals surface area (Å²) in [4.78, 5) is 0. The second-order valence-corrected chi connectivity index (χ2v) is 5.94. The third-order valence-electron chi connectivity index (χ3n) is 3.33. The number of aromatic amines is 1. The first-order chi connectivity index (χ1) is 8.49. The SMILES string of the molecule is CCC(CCO)CNCc1cn[nH]c1C(C)(C)C. The van der Waals surface area contributed by atoms with Gasteiger partial charge in [0.2, 0.25) is 0 Å². The van der Waals surface area contributed by atoms with E-state index in [1.54, 1.807) is 0 Å². The van der Waals surface area contributed by atoms with Crippen molar-refractivity contribution < 1.29 is 5.11 Å². The van der Waals surface area contributed by atoms with Crippen molar-refractivity contribution >= 4 is 0 Å². The Kier molecular flexibility index (Phi) is 5.82.